The van der Waals surface area contributed by atoms with Crippen LogP contribution in [0.3, 0.4) is 0 Å². The van der Waals surface area contributed by atoms with Crippen LogP contribution >= 0.6 is 0 Å². The molecule has 2 amide bonds. The molecule has 43 heavy (non-hydrogen) atoms. The van der Waals surface area contributed by atoms with Gasteiger partial charge >= 0.3 is 24.1 Å². The first-order valence-electron chi connectivity index (χ1n) is 14.9. The molecule has 2 atom stereocenters. The van der Waals surface area contributed by atoms with E-state index in [1.165, 1.54) is 14.2 Å². The lowest BCUT2D eigenvalue weighted by atomic mass is 9.80. The van der Waals surface area contributed by atoms with Crippen LogP contribution in [-0.4, -0.2) is 86.4 Å². The van der Waals surface area contributed by atoms with Gasteiger partial charge in [0, 0.05) is 25.7 Å². The van der Waals surface area contributed by atoms with E-state index in [0.29, 0.717) is 51.7 Å². The Bertz CT molecular complexity index is 960. The van der Waals surface area contributed by atoms with Gasteiger partial charge < -0.3 is 39.1 Å². The van der Waals surface area contributed by atoms with Crippen molar-refractivity contribution in [1.82, 2.24) is 10.6 Å². The molecule has 0 aromatic rings. The lowest BCUT2D eigenvalue weighted by molar-refractivity contribution is -0.185. The van der Waals surface area contributed by atoms with Crippen LogP contribution in [0, 0.1) is 11.8 Å². The SMILES string of the molecule is COC(=O)[C@@H](NC(=O)OC(C)(C)C)C1CCC(=O)CC1.COC(=O)[C@@H](NC(=O)OC(C)(C)C)C1CCC2(CC1)OCCO2. The Morgan fingerprint density at radius 1 is 0.721 bits per heavy atom. The second-order valence-electron chi connectivity index (χ2n) is 13.1. The first-order chi connectivity index (χ1) is 20.0. The predicted octanol–water partition coefficient (Wildman–Crippen LogP) is 3.80. The second-order valence-corrected chi connectivity index (χ2v) is 13.1. The van der Waals surface area contributed by atoms with Gasteiger partial charge in [0.2, 0.25) is 0 Å². The van der Waals surface area contributed by atoms with Crippen LogP contribution in [0.1, 0.15) is 92.9 Å². The van der Waals surface area contributed by atoms with Gasteiger partial charge in [-0.1, -0.05) is 0 Å². The van der Waals surface area contributed by atoms with E-state index in [1.807, 2.05) is 0 Å². The molecule has 2 N–H and O–H groups in total. The standard InChI is InChI=1S/C16H27NO6.C14H23NO5/c1-15(2,3)23-14(19)17-12(13(18)20-4)11-5-7-16(8-6-11)21-9-10-22-16;1-14(2,3)20-13(18)15-11(12(17)19-4)9-5-7-10(16)8-6-9/h11-12H,5-10H2,1-4H3,(H,17,19);9,11H,5-8H2,1-4H3,(H,15,18)/t12-;11-/m00/s1. The Hall–Kier alpha value is -2.93. The molecule has 3 rings (SSSR count). The number of esters is 2. The fourth-order valence-corrected chi connectivity index (χ4v) is 5.36. The summed E-state index contributed by atoms with van der Waals surface area (Å²) in [6.07, 6.45) is 3.63. The van der Waals surface area contributed by atoms with Crippen molar-refractivity contribution in [3.63, 3.8) is 0 Å². The van der Waals surface area contributed by atoms with Crippen molar-refractivity contribution in [2.24, 2.45) is 11.8 Å². The topological polar surface area (TPSA) is 165 Å². The summed E-state index contributed by atoms with van der Waals surface area (Å²) in [5.74, 6) is -1.37. The van der Waals surface area contributed by atoms with Gasteiger partial charge in [0.05, 0.1) is 27.4 Å². The Morgan fingerprint density at radius 2 is 1.09 bits per heavy atom. The Balaban J connectivity index is 0.000000304. The van der Waals surface area contributed by atoms with Gasteiger partial charge in [0.25, 0.3) is 0 Å². The number of Topliss-reactive ketones (excluding diaryl/α,β-unsaturated/α-hetero) is 1. The third-order valence-electron chi connectivity index (χ3n) is 7.39. The fourth-order valence-electron chi connectivity index (χ4n) is 5.36. The van der Waals surface area contributed by atoms with Crippen LogP contribution in [-0.2, 0) is 42.8 Å². The van der Waals surface area contributed by atoms with E-state index in [1.54, 1.807) is 41.5 Å². The molecule has 0 aromatic carbocycles. The summed E-state index contributed by atoms with van der Waals surface area (Å²) < 4.78 is 31.3. The minimum absolute atomic E-state index is 0.0200. The molecular formula is C30H50N2O11. The maximum absolute atomic E-state index is 12.1. The van der Waals surface area contributed by atoms with Crippen molar-refractivity contribution in [3.05, 3.63) is 0 Å². The quantitative estimate of drug-likeness (QED) is 0.330. The summed E-state index contributed by atoms with van der Waals surface area (Å²) >= 11 is 0. The molecule has 3 fully saturated rings. The highest BCUT2D eigenvalue weighted by Crippen LogP contribution is 2.39. The van der Waals surface area contributed by atoms with E-state index in [2.05, 4.69) is 10.6 Å². The largest absolute Gasteiger partial charge is 0.467 e. The predicted molar refractivity (Wildman–Crippen MR) is 154 cm³/mol. The average molecular weight is 615 g/mol. The molecule has 2 saturated carbocycles. The van der Waals surface area contributed by atoms with E-state index < -0.39 is 53.2 Å². The number of alkyl carbamates (subject to hydrolysis) is 2. The van der Waals surface area contributed by atoms with Gasteiger partial charge in [-0.2, -0.15) is 0 Å². The highest BCUT2D eigenvalue weighted by atomic mass is 16.7. The van der Waals surface area contributed by atoms with Crippen LogP contribution in [0.2, 0.25) is 0 Å². The number of carbonyl (C=O) groups is 5. The number of hydrogen-bond acceptors (Lipinski definition) is 11. The molecule has 0 bridgehead atoms. The first-order valence-corrected chi connectivity index (χ1v) is 14.9. The summed E-state index contributed by atoms with van der Waals surface area (Å²) in [6.45, 7) is 11.8. The summed E-state index contributed by atoms with van der Waals surface area (Å²) in [7, 11) is 2.60. The monoisotopic (exact) mass is 614 g/mol. The zero-order valence-electron chi connectivity index (χ0n) is 26.9. The third-order valence-corrected chi connectivity index (χ3v) is 7.39. The molecule has 13 heteroatoms. The van der Waals surface area contributed by atoms with E-state index in [-0.39, 0.29) is 17.6 Å². The van der Waals surface area contributed by atoms with E-state index in [0.717, 1.165) is 12.8 Å². The zero-order chi connectivity index (χ0) is 32.4. The van der Waals surface area contributed by atoms with Gasteiger partial charge in [0.15, 0.2) is 5.79 Å². The van der Waals surface area contributed by atoms with Crippen molar-refractivity contribution in [1.29, 1.82) is 0 Å². The van der Waals surface area contributed by atoms with E-state index in [4.69, 9.17) is 28.4 Å². The number of nitrogens with one attached hydrogen (secondary N) is 2. The number of methoxy groups -OCH3 is 2. The lowest BCUT2D eigenvalue weighted by Gasteiger charge is -2.37. The Labute approximate surface area is 254 Å². The molecular weight excluding hydrogens is 564 g/mol. The van der Waals surface area contributed by atoms with Gasteiger partial charge in [-0.3, -0.25) is 4.79 Å². The maximum atomic E-state index is 12.1. The Morgan fingerprint density at radius 3 is 1.44 bits per heavy atom. The van der Waals surface area contributed by atoms with Crippen molar-refractivity contribution >= 4 is 29.9 Å². The third kappa shape index (κ3) is 12.3. The smallest absolute Gasteiger partial charge is 0.408 e. The second kappa shape index (κ2) is 15.7. The molecule has 1 saturated heterocycles. The van der Waals surface area contributed by atoms with Crippen LogP contribution in [0.25, 0.3) is 0 Å². The average Bonchev–Trinajstić information content (AvgIpc) is 3.37. The molecule has 246 valence electrons. The first kappa shape index (κ1) is 36.3. The number of ether oxygens (including phenoxy) is 6. The minimum atomic E-state index is -0.761. The lowest BCUT2D eigenvalue weighted by Crippen LogP contribution is -2.50. The fraction of sp³-hybridized carbons (Fsp3) is 0.833. The highest BCUT2D eigenvalue weighted by Gasteiger charge is 2.44. The van der Waals surface area contributed by atoms with Crippen LogP contribution < -0.4 is 10.6 Å². The van der Waals surface area contributed by atoms with Gasteiger partial charge in [-0.15, -0.1) is 0 Å². The molecule has 1 heterocycles. The molecule has 0 aromatic heterocycles. The van der Waals surface area contributed by atoms with Crippen molar-refractivity contribution in [2.45, 2.75) is 122 Å². The summed E-state index contributed by atoms with van der Waals surface area (Å²) in [5.41, 5.74) is -1.25. The number of amides is 2. The number of ketones is 1. The molecule has 3 aliphatic rings. The number of rotatable bonds is 6. The zero-order valence-corrected chi connectivity index (χ0v) is 26.9. The molecule has 0 radical (unpaired) electrons. The summed E-state index contributed by atoms with van der Waals surface area (Å²) in [6, 6.07) is -1.48. The molecule has 0 unspecified atom stereocenters. The van der Waals surface area contributed by atoms with Gasteiger partial charge in [-0.25, -0.2) is 19.2 Å². The van der Waals surface area contributed by atoms with E-state index in [9.17, 15) is 24.0 Å². The van der Waals surface area contributed by atoms with Gasteiger partial charge in [-0.05, 0) is 79.1 Å². The van der Waals surface area contributed by atoms with Crippen molar-refractivity contribution in [2.75, 3.05) is 27.4 Å². The summed E-state index contributed by atoms with van der Waals surface area (Å²) in [4.78, 5) is 58.9. The maximum Gasteiger partial charge on any atom is 0.408 e. The number of carbonyl (C=O) groups excluding carboxylic acids is 5. The number of hydrogen-bond donors (Lipinski definition) is 2. The molecule has 1 aliphatic heterocycles. The normalized spacial score (nSPS) is 20.6. The van der Waals surface area contributed by atoms with Crippen molar-refractivity contribution in [3.8, 4) is 0 Å². The van der Waals surface area contributed by atoms with Crippen LogP contribution in [0.4, 0.5) is 9.59 Å². The van der Waals surface area contributed by atoms with Gasteiger partial charge in [0.1, 0.15) is 29.1 Å². The highest BCUT2D eigenvalue weighted by molar-refractivity contribution is 5.83. The molecule has 2 aliphatic carbocycles. The molecule has 13 nitrogen and oxygen atoms in total. The van der Waals surface area contributed by atoms with Crippen molar-refractivity contribution < 1.29 is 52.4 Å². The Kier molecular flexibility index (Phi) is 13.2. The van der Waals surface area contributed by atoms with Crippen LogP contribution in [0.15, 0.2) is 0 Å². The van der Waals surface area contributed by atoms with Crippen LogP contribution in [0.5, 0.6) is 0 Å². The minimum Gasteiger partial charge on any atom is -0.467 e. The van der Waals surface area contributed by atoms with E-state index >= 15 is 0 Å². The molecule has 1 spiro atoms. The summed E-state index contributed by atoms with van der Waals surface area (Å²) in [5, 5.41) is 5.22.